The van der Waals surface area contributed by atoms with Crippen LogP contribution in [0.3, 0.4) is 0 Å². The van der Waals surface area contributed by atoms with Crippen molar-refractivity contribution in [3.05, 3.63) is 60.2 Å². The largest absolute Gasteiger partial charge is 0.496 e. The number of halogens is 1. The van der Waals surface area contributed by atoms with Crippen LogP contribution in [-0.2, 0) is 16.4 Å². The van der Waals surface area contributed by atoms with E-state index < -0.39 is 15.8 Å². The van der Waals surface area contributed by atoms with Gasteiger partial charge in [-0.2, -0.15) is 4.98 Å². The van der Waals surface area contributed by atoms with Gasteiger partial charge in [-0.3, -0.25) is 0 Å². The van der Waals surface area contributed by atoms with Gasteiger partial charge in [-0.1, -0.05) is 12.1 Å². The van der Waals surface area contributed by atoms with E-state index in [9.17, 15) is 12.8 Å². The molecule has 0 saturated carbocycles. The molecule has 0 amide bonds. The van der Waals surface area contributed by atoms with E-state index in [0.29, 0.717) is 29.2 Å². The lowest BCUT2D eigenvalue weighted by Gasteiger charge is -2.10. The fourth-order valence-electron chi connectivity index (χ4n) is 2.53. The number of anilines is 2. The van der Waals surface area contributed by atoms with Crippen LogP contribution in [0.4, 0.5) is 16.0 Å². The third-order valence-electron chi connectivity index (χ3n) is 3.83. The van der Waals surface area contributed by atoms with Gasteiger partial charge >= 0.3 is 0 Å². The zero-order valence-corrected chi connectivity index (χ0v) is 15.8. The molecule has 3 rings (SSSR count). The van der Waals surface area contributed by atoms with Crippen LogP contribution in [0.1, 0.15) is 5.56 Å². The lowest BCUT2D eigenvalue weighted by molar-refractivity contribution is 0.412. The summed E-state index contributed by atoms with van der Waals surface area (Å²) in [6, 6.07) is 11.2. The standard InChI is InChI=1S/C18H18FN5O3S/c1-27-16-10-13(19)5-6-15(16)17-21-11-22-18(24-17)23-14-4-2-3-12(9-14)7-8-28(20,25)26/h2-6,9-11H,7-8H2,1H3,(H2,20,25,26)(H,21,22,23,24). The minimum Gasteiger partial charge on any atom is -0.496 e. The number of nitrogens with two attached hydrogens (primary N) is 1. The Morgan fingerprint density at radius 1 is 1.18 bits per heavy atom. The number of sulfonamides is 1. The lowest BCUT2D eigenvalue weighted by atomic mass is 10.1. The van der Waals surface area contributed by atoms with Crippen molar-refractivity contribution in [2.45, 2.75) is 6.42 Å². The number of benzene rings is 2. The van der Waals surface area contributed by atoms with Gasteiger partial charge in [-0.25, -0.2) is 27.9 Å². The summed E-state index contributed by atoms with van der Waals surface area (Å²) in [4.78, 5) is 12.5. The molecule has 0 aliphatic carbocycles. The number of aryl methyl sites for hydroxylation is 1. The van der Waals surface area contributed by atoms with E-state index in [-0.39, 0.29) is 11.7 Å². The molecule has 2 aromatic carbocycles. The predicted molar refractivity (Wildman–Crippen MR) is 103 cm³/mol. The number of ether oxygens (including phenoxy) is 1. The van der Waals surface area contributed by atoms with E-state index in [2.05, 4.69) is 20.3 Å². The van der Waals surface area contributed by atoms with Crippen LogP contribution in [0.15, 0.2) is 48.8 Å². The molecule has 3 N–H and O–H groups in total. The van der Waals surface area contributed by atoms with Crippen LogP contribution < -0.4 is 15.2 Å². The molecule has 0 atom stereocenters. The summed E-state index contributed by atoms with van der Waals surface area (Å²) in [5.74, 6) is 0.336. The highest BCUT2D eigenvalue weighted by atomic mass is 32.2. The van der Waals surface area contributed by atoms with Crippen LogP contribution in [0.25, 0.3) is 11.4 Å². The number of hydrogen-bond acceptors (Lipinski definition) is 7. The number of primary sulfonamides is 1. The minimum atomic E-state index is -3.53. The Balaban J connectivity index is 1.82. The Hall–Kier alpha value is -3.11. The van der Waals surface area contributed by atoms with Gasteiger partial charge in [-0.05, 0) is 36.2 Å². The van der Waals surface area contributed by atoms with Crippen molar-refractivity contribution in [3.8, 4) is 17.1 Å². The van der Waals surface area contributed by atoms with E-state index in [4.69, 9.17) is 9.88 Å². The molecule has 0 spiro atoms. The highest BCUT2D eigenvalue weighted by molar-refractivity contribution is 7.89. The van der Waals surface area contributed by atoms with Crippen LogP contribution in [0.2, 0.25) is 0 Å². The summed E-state index contributed by atoms with van der Waals surface area (Å²) in [6.45, 7) is 0. The number of hydrogen-bond donors (Lipinski definition) is 2. The van der Waals surface area contributed by atoms with Gasteiger partial charge < -0.3 is 10.1 Å². The fraction of sp³-hybridized carbons (Fsp3) is 0.167. The van der Waals surface area contributed by atoms with Gasteiger partial charge in [0.2, 0.25) is 16.0 Å². The van der Waals surface area contributed by atoms with Crippen LogP contribution in [-0.4, -0.2) is 36.2 Å². The maximum atomic E-state index is 13.4. The maximum absolute atomic E-state index is 13.4. The highest BCUT2D eigenvalue weighted by Crippen LogP contribution is 2.28. The number of rotatable bonds is 7. The molecule has 0 unspecified atom stereocenters. The van der Waals surface area contributed by atoms with E-state index >= 15 is 0 Å². The minimum absolute atomic E-state index is 0.142. The molecule has 0 radical (unpaired) electrons. The Morgan fingerprint density at radius 3 is 2.75 bits per heavy atom. The van der Waals surface area contributed by atoms with Gasteiger partial charge in [0.05, 0.1) is 18.4 Å². The molecule has 146 valence electrons. The second-order valence-electron chi connectivity index (χ2n) is 5.92. The smallest absolute Gasteiger partial charge is 0.230 e. The average Bonchev–Trinajstić information content (AvgIpc) is 2.66. The third kappa shape index (κ3) is 5.21. The molecular weight excluding hydrogens is 385 g/mol. The first-order chi connectivity index (χ1) is 13.3. The van der Waals surface area contributed by atoms with Crippen LogP contribution >= 0.6 is 0 Å². The van der Waals surface area contributed by atoms with Crippen LogP contribution in [0, 0.1) is 5.82 Å². The van der Waals surface area contributed by atoms with Crippen molar-refractivity contribution >= 4 is 21.7 Å². The first-order valence-corrected chi connectivity index (χ1v) is 9.95. The van der Waals surface area contributed by atoms with Gasteiger partial charge in [0.25, 0.3) is 0 Å². The van der Waals surface area contributed by atoms with E-state index in [1.807, 2.05) is 0 Å². The quantitative estimate of drug-likeness (QED) is 0.621. The first kappa shape index (κ1) is 19.6. The van der Waals surface area contributed by atoms with Crippen molar-refractivity contribution in [3.63, 3.8) is 0 Å². The topological polar surface area (TPSA) is 120 Å². The highest BCUT2D eigenvalue weighted by Gasteiger charge is 2.11. The zero-order chi connectivity index (χ0) is 20.1. The number of nitrogens with one attached hydrogen (secondary N) is 1. The van der Waals surface area contributed by atoms with Gasteiger partial charge in [0, 0.05) is 11.8 Å². The Morgan fingerprint density at radius 2 is 2.00 bits per heavy atom. The molecule has 1 aromatic heterocycles. The normalized spacial score (nSPS) is 11.2. The molecule has 0 aliphatic heterocycles. The van der Waals surface area contributed by atoms with Crippen molar-refractivity contribution in [2.24, 2.45) is 5.14 Å². The van der Waals surface area contributed by atoms with Crippen molar-refractivity contribution in [1.29, 1.82) is 0 Å². The zero-order valence-electron chi connectivity index (χ0n) is 15.0. The SMILES string of the molecule is COc1cc(F)ccc1-c1ncnc(Nc2cccc(CCS(N)(=O)=O)c2)n1. The lowest BCUT2D eigenvalue weighted by Crippen LogP contribution is -2.17. The van der Waals surface area contributed by atoms with Gasteiger partial charge in [0.15, 0.2) is 5.82 Å². The molecular formula is C18H18FN5O3S. The maximum Gasteiger partial charge on any atom is 0.230 e. The van der Waals surface area contributed by atoms with E-state index in [0.717, 1.165) is 5.56 Å². The molecule has 1 heterocycles. The molecule has 0 fully saturated rings. The van der Waals surface area contributed by atoms with Crippen molar-refractivity contribution < 1.29 is 17.5 Å². The van der Waals surface area contributed by atoms with E-state index in [1.165, 1.54) is 31.6 Å². The number of methoxy groups -OCH3 is 1. The second kappa shape index (κ2) is 8.28. The summed E-state index contributed by atoms with van der Waals surface area (Å²) in [7, 11) is -2.10. The average molecular weight is 403 g/mol. The summed E-state index contributed by atoms with van der Waals surface area (Å²) < 4.78 is 40.8. The van der Waals surface area contributed by atoms with Gasteiger partial charge in [-0.15, -0.1) is 0 Å². The third-order valence-corrected chi connectivity index (χ3v) is 4.61. The summed E-state index contributed by atoms with van der Waals surface area (Å²) in [6.07, 6.45) is 1.63. The Kier molecular flexibility index (Phi) is 5.81. The molecule has 0 aliphatic rings. The second-order valence-corrected chi connectivity index (χ2v) is 7.65. The molecule has 0 saturated heterocycles. The van der Waals surface area contributed by atoms with Gasteiger partial charge in [0.1, 0.15) is 17.9 Å². The monoisotopic (exact) mass is 403 g/mol. The molecule has 0 bridgehead atoms. The van der Waals surface area contributed by atoms with Crippen molar-refractivity contribution in [2.75, 3.05) is 18.2 Å². The van der Waals surface area contributed by atoms with Crippen molar-refractivity contribution in [1.82, 2.24) is 15.0 Å². The number of aromatic nitrogens is 3. The Labute approximate surface area is 161 Å². The Bertz CT molecular complexity index is 1090. The summed E-state index contributed by atoms with van der Waals surface area (Å²) in [5.41, 5.74) is 2.00. The predicted octanol–water partition coefficient (Wildman–Crippen LogP) is 2.26. The van der Waals surface area contributed by atoms with Crippen LogP contribution in [0.5, 0.6) is 5.75 Å². The fourth-order valence-corrected chi connectivity index (χ4v) is 3.05. The molecule has 3 aromatic rings. The molecule has 8 nitrogen and oxygen atoms in total. The molecule has 28 heavy (non-hydrogen) atoms. The summed E-state index contributed by atoms with van der Waals surface area (Å²) in [5, 5.41) is 8.09. The van der Waals surface area contributed by atoms with E-state index in [1.54, 1.807) is 24.3 Å². The number of nitrogens with zero attached hydrogens (tertiary/aromatic N) is 3. The molecule has 10 heteroatoms. The first-order valence-electron chi connectivity index (χ1n) is 8.23. The summed E-state index contributed by atoms with van der Waals surface area (Å²) >= 11 is 0.